The Morgan fingerprint density at radius 1 is 1.28 bits per heavy atom. The van der Waals surface area contributed by atoms with Gasteiger partial charge in [0.25, 0.3) is 0 Å². The lowest BCUT2D eigenvalue weighted by Crippen LogP contribution is -2.43. The Morgan fingerprint density at radius 3 is 2.33 bits per heavy atom. The van der Waals surface area contributed by atoms with Gasteiger partial charge in [-0.3, -0.25) is 0 Å². The highest BCUT2D eigenvalue weighted by atomic mass is 32.1. The highest BCUT2D eigenvalue weighted by Gasteiger charge is 2.58. The molecule has 0 amide bonds. The summed E-state index contributed by atoms with van der Waals surface area (Å²) in [6.07, 6.45) is -4.80. The van der Waals surface area contributed by atoms with Gasteiger partial charge in [-0.25, -0.2) is 4.98 Å². The molecule has 0 aromatic carbocycles. The van der Waals surface area contributed by atoms with E-state index in [4.69, 9.17) is 0 Å². The van der Waals surface area contributed by atoms with Crippen LogP contribution in [0.4, 0.5) is 13.2 Å². The minimum atomic E-state index is -4.80. The topological polar surface area (TPSA) is 33.1 Å². The number of aliphatic hydroxyl groups is 1. The zero-order chi connectivity index (χ0) is 13.6. The molecule has 2 nitrogen and oxygen atoms in total. The van der Waals surface area contributed by atoms with Crippen molar-refractivity contribution in [1.82, 2.24) is 4.98 Å². The van der Waals surface area contributed by atoms with E-state index in [1.165, 1.54) is 16.8 Å². The van der Waals surface area contributed by atoms with Crippen molar-refractivity contribution in [2.75, 3.05) is 0 Å². The standard InChI is InChI=1S/C11H10F3NOS2/c1-6-7(2)18-9(15-6)10(16,11(12,13)14)8-3-4-17-5-8/h3-5,16H,1-2H3. The molecule has 0 bridgehead atoms. The Balaban J connectivity index is 2.64. The lowest BCUT2D eigenvalue weighted by atomic mass is 9.97. The predicted molar refractivity (Wildman–Crippen MR) is 65.0 cm³/mol. The summed E-state index contributed by atoms with van der Waals surface area (Å²) < 4.78 is 39.6. The van der Waals surface area contributed by atoms with Crippen LogP contribution < -0.4 is 0 Å². The largest absolute Gasteiger partial charge is 0.428 e. The predicted octanol–water partition coefficient (Wildman–Crippen LogP) is 3.62. The van der Waals surface area contributed by atoms with Gasteiger partial charge in [0.2, 0.25) is 5.60 Å². The zero-order valence-electron chi connectivity index (χ0n) is 9.58. The molecule has 0 spiro atoms. The van der Waals surface area contributed by atoms with Gasteiger partial charge in [0.1, 0.15) is 5.01 Å². The van der Waals surface area contributed by atoms with Gasteiger partial charge in [-0.1, -0.05) is 0 Å². The quantitative estimate of drug-likeness (QED) is 0.917. The number of halogens is 3. The fourth-order valence-electron chi connectivity index (χ4n) is 1.51. The van der Waals surface area contributed by atoms with Crippen LogP contribution in [0.3, 0.4) is 0 Å². The molecular formula is C11H10F3NOS2. The maximum atomic E-state index is 13.2. The Bertz CT molecular complexity index is 528. The van der Waals surface area contributed by atoms with Crippen LogP contribution in [0.5, 0.6) is 0 Å². The van der Waals surface area contributed by atoms with E-state index in [0.29, 0.717) is 10.6 Å². The first-order valence-electron chi connectivity index (χ1n) is 5.03. The van der Waals surface area contributed by atoms with Crippen LogP contribution >= 0.6 is 22.7 Å². The van der Waals surface area contributed by atoms with Crippen molar-refractivity contribution in [3.63, 3.8) is 0 Å². The maximum Gasteiger partial charge on any atom is 0.428 e. The molecule has 0 aliphatic rings. The highest BCUT2D eigenvalue weighted by Crippen LogP contribution is 2.46. The number of aryl methyl sites for hydroxylation is 2. The molecule has 2 aromatic rings. The minimum absolute atomic E-state index is 0.186. The van der Waals surface area contributed by atoms with Crippen LogP contribution in [0.15, 0.2) is 16.8 Å². The van der Waals surface area contributed by atoms with Crippen molar-refractivity contribution in [3.05, 3.63) is 38.0 Å². The van der Waals surface area contributed by atoms with Crippen molar-refractivity contribution in [2.45, 2.75) is 25.6 Å². The summed E-state index contributed by atoms with van der Waals surface area (Å²) in [5.74, 6) is 0. The molecule has 98 valence electrons. The van der Waals surface area contributed by atoms with Gasteiger partial charge in [-0.05, 0) is 30.7 Å². The smallest absolute Gasteiger partial charge is 0.370 e. The average molecular weight is 293 g/mol. The third kappa shape index (κ3) is 1.96. The zero-order valence-corrected chi connectivity index (χ0v) is 11.2. The average Bonchev–Trinajstić information content (AvgIpc) is 2.87. The molecule has 0 aliphatic heterocycles. The Labute approximate surface area is 110 Å². The number of thiophene rings is 1. The first-order chi connectivity index (χ1) is 8.26. The molecule has 2 heterocycles. The van der Waals surface area contributed by atoms with Crippen LogP contribution in [0.2, 0.25) is 0 Å². The fourth-order valence-corrected chi connectivity index (χ4v) is 3.25. The van der Waals surface area contributed by atoms with Crippen molar-refractivity contribution in [2.24, 2.45) is 0 Å². The monoisotopic (exact) mass is 293 g/mol. The van der Waals surface area contributed by atoms with E-state index < -0.39 is 11.8 Å². The summed E-state index contributed by atoms with van der Waals surface area (Å²) >= 11 is 1.98. The number of hydrogen-bond donors (Lipinski definition) is 1. The maximum absolute atomic E-state index is 13.2. The van der Waals surface area contributed by atoms with E-state index in [9.17, 15) is 18.3 Å². The number of alkyl halides is 3. The summed E-state index contributed by atoms with van der Waals surface area (Å²) in [5.41, 5.74) is -2.70. The third-order valence-electron chi connectivity index (χ3n) is 2.69. The van der Waals surface area contributed by atoms with Gasteiger partial charge in [0, 0.05) is 10.4 Å². The van der Waals surface area contributed by atoms with Crippen molar-refractivity contribution in [1.29, 1.82) is 0 Å². The third-order valence-corrected chi connectivity index (χ3v) is 4.55. The Kier molecular flexibility index (Phi) is 3.25. The summed E-state index contributed by atoms with van der Waals surface area (Å²) in [5, 5.41) is 12.6. The Hall–Kier alpha value is -0.920. The molecule has 1 unspecified atom stereocenters. The van der Waals surface area contributed by atoms with Gasteiger partial charge < -0.3 is 5.11 Å². The van der Waals surface area contributed by atoms with E-state index in [2.05, 4.69) is 4.98 Å². The molecule has 18 heavy (non-hydrogen) atoms. The molecule has 1 atom stereocenters. The molecular weight excluding hydrogens is 283 g/mol. The molecule has 2 rings (SSSR count). The van der Waals surface area contributed by atoms with Crippen LogP contribution in [0.25, 0.3) is 0 Å². The SMILES string of the molecule is Cc1nc(C(O)(c2ccsc2)C(F)(F)F)sc1C. The molecule has 1 N–H and O–H groups in total. The van der Waals surface area contributed by atoms with Gasteiger partial charge in [-0.2, -0.15) is 24.5 Å². The van der Waals surface area contributed by atoms with E-state index >= 15 is 0 Å². The van der Waals surface area contributed by atoms with Crippen LogP contribution in [0, 0.1) is 13.8 Å². The molecule has 0 radical (unpaired) electrons. The summed E-state index contributed by atoms with van der Waals surface area (Å²) in [6, 6.07) is 1.27. The first kappa shape index (κ1) is 13.5. The van der Waals surface area contributed by atoms with Gasteiger partial charge in [-0.15, -0.1) is 11.3 Å². The number of thiazole rings is 1. The second-order valence-corrected chi connectivity index (χ2v) is 5.86. The molecule has 0 saturated heterocycles. The van der Waals surface area contributed by atoms with Gasteiger partial charge >= 0.3 is 6.18 Å². The minimum Gasteiger partial charge on any atom is -0.370 e. The van der Waals surface area contributed by atoms with Gasteiger partial charge in [0.05, 0.1) is 5.69 Å². The van der Waals surface area contributed by atoms with Crippen molar-refractivity contribution in [3.8, 4) is 0 Å². The molecule has 7 heteroatoms. The molecule has 0 fully saturated rings. The van der Waals surface area contributed by atoms with Crippen LogP contribution in [0.1, 0.15) is 21.1 Å². The number of nitrogens with zero attached hydrogens (tertiary/aromatic N) is 1. The van der Waals surface area contributed by atoms with Crippen molar-refractivity contribution < 1.29 is 18.3 Å². The highest BCUT2D eigenvalue weighted by molar-refractivity contribution is 7.12. The number of aromatic nitrogens is 1. The van der Waals surface area contributed by atoms with Crippen LogP contribution in [-0.4, -0.2) is 16.3 Å². The van der Waals surface area contributed by atoms with E-state index in [1.54, 1.807) is 13.8 Å². The molecule has 0 saturated carbocycles. The lowest BCUT2D eigenvalue weighted by Gasteiger charge is -2.27. The Morgan fingerprint density at radius 2 is 1.94 bits per heavy atom. The van der Waals surface area contributed by atoms with Gasteiger partial charge in [0.15, 0.2) is 0 Å². The summed E-state index contributed by atoms with van der Waals surface area (Å²) in [7, 11) is 0. The second kappa shape index (κ2) is 4.32. The normalized spacial score (nSPS) is 15.7. The molecule has 2 aromatic heterocycles. The van der Waals surface area contributed by atoms with Crippen LogP contribution in [-0.2, 0) is 5.60 Å². The van der Waals surface area contributed by atoms with Crippen molar-refractivity contribution >= 4 is 22.7 Å². The fraction of sp³-hybridized carbons (Fsp3) is 0.364. The lowest BCUT2D eigenvalue weighted by molar-refractivity contribution is -0.248. The van der Waals surface area contributed by atoms with E-state index in [-0.39, 0.29) is 10.6 Å². The first-order valence-corrected chi connectivity index (χ1v) is 6.79. The van der Waals surface area contributed by atoms with E-state index in [1.807, 2.05) is 0 Å². The van der Waals surface area contributed by atoms with E-state index in [0.717, 1.165) is 22.7 Å². The number of rotatable bonds is 2. The summed E-state index contributed by atoms with van der Waals surface area (Å²) in [4.78, 5) is 4.53. The second-order valence-electron chi connectivity index (χ2n) is 3.88. The summed E-state index contributed by atoms with van der Waals surface area (Å²) in [6.45, 7) is 3.31. The number of hydrogen-bond acceptors (Lipinski definition) is 4. The molecule has 0 aliphatic carbocycles.